The van der Waals surface area contributed by atoms with Crippen molar-refractivity contribution in [1.82, 2.24) is 20.2 Å². The van der Waals surface area contributed by atoms with E-state index in [0.29, 0.717) is 51.0 Å². The van der Waals surface area contributed by atoms with E-state index >= 15 is 0 Å². The lowest BCUT2D eigenvalue weighted by Gasteiger charge is -2.35. The Kier molecular flexibility index (Phi) is 7.21. The van der Waals surface area contributed by atoms with E-state index in [1.165, 1.54) is 16.7 Å². The van der Waals surface area contributed by atoms with E-state index in [1.807, 2.05) is 24.5 Å². The number of benzene rings is 1. The van der Waals surface area contributed by atoms with E-state index in [2.05, 4.69) is 15.3 Å². The standard InChI is InChI=1S/C25H27F3N6O3S/c1-38-18-4-2-3-17(14-18)34-22(36)19-13-16(8-12-33(19)24(34)37)30-21(35)15-6-10-32(11-7-15)23-29-9-5-20(31-23)25(26,27)28/h2-5,9,14-16,19H,6-8,10-13H2,1H3,(H,30,35). The number of amides is 4. The van der Waals surface area contributed by atoms with Crippen LogP contribution in [0.5, 0.6) is 0 Å². The number of halogens is 3. The summed E-state index contributed by atoms with van der Waals surface area (Å²) in [5.74, 6) is -0.735. The summed E-state index contributed by atoms with van der Waals surface area (Å²) in [6.45, 7) is 1.08. The van der Waals surface area contributed by atoms with Crippen molar-refractivity contribution in [3.8, 4) is 0 Å². The van der Waals surface area contributed by atoms with Crippen molar-refractivity contribution >= 4 is 41.2 Å². The van der Waals surface area contributed by atoms with Crippen molar-refractivity contribution in [3.05, 3.63) is 42.2 Å². The van der Waals surface area contributed by atoms with Gasteiger partial charge >= 0.3 is 12.2 Å². The highest BCUT2D eigenvalue weighted by atomic mass is 32.2. The fourth-order valence-electron chi connectivity index (χ4n) is 5.24. The van der Waals surface area contributed by atoms with Crippen LogP contribution in [0.2, 0.25) is 0 Å². The predicted molar refractivity (Wildman–Crippen MR) is 135 cm³/mol. The van der Waals surface area contributed by atoms with Crippen LogP contribution in [0.1, 0.15) is 31.4 Å². The van der Waals surface area contributed by atoms with Gasteiger partial charge in [0.15, 0.2) is 0 Å². The Labute approximate surface area is 221 Å². The lowest BCUT2D eigenvalue weighted by Crippen LogP contribution is -2.51. The zero-order valence-electron chi connectivity index (χ0n) is 20.6. The van der Waals surface area contributed by atoms with Crippen molar-refractivity contribution in [1.29, 1.82) is 0 Å². The van der Waals surface area contributed by atoms with Gasteiger partial charge in [-0.25, -0.2) is 19.7 Å². The molecule has 3 aliphatic heterocycles. The van der Waals surface area contributed by atoms with Crippen LogP contribution in [0.4, 0.5) is 29.6 Å². The molecule has 4 heterocycles. The number of carbonyl (C=O) groups excluding carboxylic acids is 3. The minimum absolute atomic E-state index is 0.00286. The summed E-state index contributed by atoms with van der Waals surface area (Å²) in [5.41, 5.74) is -0.456. The lowest BCUT2D eigenvalue weighted by atomic mass is 9.93. The maximum atomic E-state index is 13.2. The van der Waals surface area contributed by atoms with Crippen LogP contribution >= 0.6 is 11.8 Å². The molecule has 3 aliphatic rings. The second-order valence-electron chi connectivity index (χ2n) is 9.60. The zero-order chi connectivity index (χ0) is 27.0. The normalized spacial score (nSPS) is 22.6. The van der Waals surface area contributed by atoms with Gasteiger partial charge in [-0.05, 0) is 56.2 Å². The number of nitrogens with one attached hydrogen (secondary N) is 1. The Morgan fingerprint density at radius 3 is 2.58 bits per heavy atom. The maximum absolute atomic E-state index is 13.2. The molecular formula is C25H27F3N6O3S. The van der Waals surface area contributed by atoms with Gasteiger partial charge < -0.3 is 15.1 Å². The fraction of sp³-hybridized carbons (Fsp3) is 0.480. The smallest absolute Gasteiger partial charge is 0.353 e. The van der Waals surface area contributed by atoms with E-state index in [1.54, 1.807) is 15.9 Å². The number of alkyl halides is 3. The molecule has 38 heavy (non-hydrogen) atoms. The van der Waals surface area contributed by atoms with Gasteiger partial charge in [0.05, 0.1) is 5.69 Å². The van der Waals surface area contributed by atoms with Gasteiger partial charge in [0.2, 0.25) is 11.9 Å². The van der Waals surface area contributed by atoms with E-state index in [4.69, 9.17) is 0 Å². The zero-order valence-corrected chi connectivity index (χ0v) is 21.5. The fourth-order valence-corrected chi connectivity index (χ4v) is 5.69. The number of aromatic nitrogens is 2. The minimum atomic E-state index is -4.55. The van der Waals surface area contributed by atoms with Gasteiger partial charge in [-0.1, -0.05) is 6.07 Å². The number of carbonyl (C=O) groups is 3. The number of hydrogen-bond acceptors (Lipinski definition) is 7. The minimum Gasteiger partial charge on any atom is -0.353 e. The lowest BCUT2D eigenvalue weighted by molar-refractivity contribution is -0.141. The second kappa shape index (κ2) is 10.4. The number of fused-ring (bicyclic) bond motifs is 1. The van der Waals surface area contributed by atoms with Crippen LogP contribution in [-0.4, -0.2) is 70.7 Å². The number of piperidine rings is 2. The average Bonchev–Trinajstić information content (AvgIpc) is 3.17. The molecule has 2 unspecified atom stereocenters. The van der Waals surface area contributed by atoms with Crippen LogP contribution < -0.4 is 15.1 Å². The molecule has 5 rings (SSSR count). The highest BCUT2D eigenvalue weighted by molar-refractivity contribution is 7.98. The van der Waals surface area contributed by atoms with Crippen molar-refractivity contribution in [2.24, 2.45) is 5.92 Å². The number of imide groups is 1. The van der Waals surface area contributed by atoms with Gasteiger partial charge in [-0.2, -0.15) is 13.2 Å². The third kappa shape index (κ3) is 5.16. The third-order valence-electron chi connectivity index (χ3n) is 7.28. The molecule has 0 spiro atoms. The number of nitrogens with zero attached hydrogens (tertiary/aromatic N) is 5. The molecule has 2 atom stereocenters. The molecule has 2 aromatic rings. The first kappa shape index (κ1) is 26.3. The molecule has 3 saturated heterocycles. The van der Waals surface area contributed by atoms with E-state index < -0.39 is 17.9 Å². The van der Waals surface area contributed by atoms with Crippen LogP contribution in [0.15, 0.2) is 41.4 Å². The van der Waals surface area contributed by atoms with E-state index in [9.17, 15) is 27.6 Å². The summed E-state index contributed by atoms with van der Waals surface area (Å²) in [6.07, 6.45) is 0.239. The number of hydrogen-bond donors (Lipinski definition) is 1. The highest BCUT2D eigenvalue weighted by Crippen LogP contribution is 2.33. The Morgan fingerprint density at radius 1 is 1.11 bits per heavy atom. The Bertz CT molecular complexity index is 1240. The number of rotatable bonds is 5. The monoisotopic (exact) mass is 548 g/mol. The molecule has 9 nitrogen and oxygen atoms in total. The number of anilines is 2. The summed E-state index contributed by atoms with van der Waals surface area (Å²) >= 11 is 1.53. The third-order valence-corrected chi connectivity index (χ3v) is 8.01. The maximum Gasteiger partial charge on any atom is 0.433 e. The molecule has 3 fully saturated rings. The first-order chi connectivity index (χ1) is 18.2. The molecule has 4 amide bonds. The van der Waals surface area contributed by atoms with Crippen LogP contribution in [0.3, 0.4) is 0 Å². The van der Waals surface area contributed by atoms with Crippen LogP contribution in [-0.2, 0) is 15.8 Å². The molecule has 0 saturated carbocycles. The van der Waals surface area contributed by atoms with Gasteiger partial charge in [-0.15, -0.1) is 11.8 Å². The predicted octanol–water partition coefficient (Wildman–Crippen LogP) is 3.55. The SMILES string of the molecule is CSc1cccc(N2C(=O)C3CC(NC(=O)C4CCN(c5nccc(C(F)(F)F)n5)CC4)CCN3C2=O)c1. The molecule has 13 heteroatoms. The molecule has 202 valence electrons. The second-order valence-corrected chi connectivity index (χ2v) is 10.5. The molecule has 1 aromatic carbocycles. The van der Waals surface area contributed by atoms with Crippen molar-refractivity contribution < 1.29 is 27.6 Å². The van der Waals surface area contributed by atoms with Gasteiger partial charge in [-0.3, -0.25) is 9.59 Å². The van der Waals surface area contributed by atoms with Gasteiger partial charge in [0.1, 0.15) is 11.7 Å². The topological polar surface area (TPSA) is 98.7 Å². The first-order valence-electron chi connectivity index (χ1n) is 12.4. The van der Waals surface area contributed by atoms with Crippen molar-refractivity contribution in [2.75, 3.05) is 35.7 Å². The highest BCUT2D eigenvalue weighted by Gasteiger charge is 2.49. The molecule has 0 radical (unpaired) electrons. The van der Waals surface area contributed by atoms with Crippen LogP contribution in [0, 0.1) is 5.92 Å². The Hall–Kier alpha value is -3.35. The Balaban J connectivity index is 1.17. The van der Waals surface area contributed by atoms with E-state index in [-0.39, 0.29) is 35.8 Å². The largest absolute Gasteiger partial charge is 0.433 e. The molecule has 0 aliphatic carbocycles. The molecule has 1 N–H and O–H groups in total. The average molecular weight is 549 g/mol. The van der Waals surface area contributed by atoms with Crippen molar-refractivity contribution in [3.63, 3.8) is 0 Å². The summed E-state index contributed by atoms with van der Waals surface area (Å²) in [6, 6.07) is 6.90. The molecular weight excluding hydrogens is 521 g/mol. The van der Waals surface area contributed by atoms with E-state index in [0.717, 1.165) is 17.2 Å². The summed E-state index contributed by atoms with van der Waals surface area (Å²) < 4.78 is 38.9. The van der Waals surface area contributed by atoms with Crippen molar-refractivity contribution in [2.45, 2.75) is 48.8 Å². The Morgan fingerprint density at radius 2 is 1.87 bits per heavy atom. The van der Waals surface area contributed by atoms with Crippen LogP contribution in [0.25, 0.3) is 0 Å². The quantitative estimate of drug-likeness (QED) is 0.451. The molecule has 0 bridgehead atoms. The summed E-state index contributed by atoms with van der Waals surface area (Å²) in [4.78, 5) is 52.2. The van der Waals surface area contributed by atoms with Gasteiger partial charge in [0, 0.05) is 42.7 Å². The number of urea groups is 1. The van der Waals surface area contributed by atoms with Gasteiger partial charge in [0.25, 0.3) is 5.91 Å². The number of thioether (sulfide) groups is 1. The summed E-state index contributed by atoms with van der Waals surface area (Å²) in [7, 11) is 0. The summed E-state index contributed by atoms with van der Waals surface area (Å²) in [5, 5.41) is 3.04. The first-order valence-corrected chi connectivity index (χ1v) is 13.6. The molecule has 1 aromatic heterocycles.